The first-order valence-corrected chi connectivity index (χ1v) is 5.26. The molecule has 1 heterocycles. The Morgan fingerprint density at radius 1 is 1.28 bits per heavy atom. The predicted molar refractivity (Wildman–Crippen MR) is 63.2 cm³/mol. The third-order valence-corrected chi connectivity index (χ3v) is 2.31. The molecule has 18 heavy (non-hydrogen) atoms. The van der Waals surface area contributed by atoms with Crippen LogP contribution in [-0.2, 0) is 0 Å². The normalized spacial score (nSPS) is 10.2. The van der Waals surface area contributed by atoms with E-state index in [-0.39, 0.29) is 16.9 Å². The second-order valence-electron chi connectivity index (χ2n) is 3.31. The van der Waals surface area contributed by atoms with Gasteiger partial charge in [-0.05, 0) is 23.7 Å². The van der Waals surface area contributed by atoms with Crippen LogP contribution in [0.15, 0.2) is 24.4 Å². The molecule has 1 aromatic carbocycles. The van der Waals surface area contributed by atoms with Crippen LogP contribution in [0.3, 0.4) is 0 Å². The van der Waals surface area contributed by atoms with Gasteiger partial charge >= 0.3 is 0 Å². The molecule has 94 valence electrons. The van der Waals surface area contributed by atoms with E-state index >= 15 is 0 Å². The number of benzene rings is 1. The lowest BCUT2D eigenvalue weighted by molar-refractivity contribution is 0.387. The fourth-order valence-electron chi connectivity index (χ4n) is 1.31. The maximum Gasteiger partial charge on any atom is 0.224 e. The van der Waals surface area contributed by atoms with Crippen molar-refractivity contribution in [2.24, 2.45) is 0 Å². The largest absolute Gasteiger partial charge is 0.494 e. The zero-order valence-electron chi connectivity index (χ0n) is 9.25. The van der Waals surface area contributed by atoms with E-state index in [1.165, 1.54) is 25.3 Å². The number of aromatic nitrogens is 2. The van der Waals surface area contributed by atoms with E-state index in [2.05, 4.69) is 15.3 Å². The van der Waals surface area contributed by atoms with Crippen LogP contribution in [0.2, 0.25) is 5.28 Å². The van der Waals surface area contributed by atoms with Gasteiger partial charge in [0.1, 0.15) is 0 Å². The van der Waals surface area contributed by atoms with Crippen LogP contribution in [-0.4, -0.2) is 17.1 Å². The summed E-state index contributed by atoms with van der Waals surface area (Å²) >= 11 is 5.55. The van der Waals surface area contributed by atoms with E-state index in [1.54, 1.807) is 0 Å². The molecule has 0 aliphatic heterocycles. The molecule has 0 unspecified atom stereocenters. The summed E-state index contributed by atoms with van der Waals surface area (Å²) in [6.07, 6.45) is 0.943. The van der Waals surface area contributed by atoms with Crippen LogP contribution in [0.1, 0.15) is 0 Å². The molecular weight excluding hydrogens is 264 g/mol. The van der Waals surface area contributed by atoms with Gasteiger partial charge in [0.05, 0.1) is 13.3 Å². The molecule has 0 spiro atoms. The van der Waals surface area contributed by atoms with Gasteiger partial charge in [-0.2, -0.15) is 4.98 Å². The zero-order valence-corrected chi connectivity index (χ0v) is 10.0. The predicted octanol–water partition coefficient (Wildman–Crippen LogP) is 3.16. The van der Waals surface area contributed by atoms with Gasteiger partial charge < -0.3 is 10.1 Å². The van der Waals surface area contributed by atoms with Gasteiger partial charge in [0.15, 0.2) is 23.2 Å². The SMILES string of the molecule is COc1cc(Nc2nc(Cl)ncc2F)ccc1F. The highest BCUT2D eigenvalue weighted by Gasteiger charge is 2.08. The number of halogens is 3. The maximum absolute atomic E-state index is 13.4. The molecular formula is C11H8ClF2N3O. The number of methoxy groups -OCH3 is 1. The Morgan fingerprint density at radius 3 is 2.78 bits per heavy atom. The van der Waals surface area contributed by atoms with Gasteiger partial charge in [-0.15, -0.1) is 0 Å². The Balaban J connectivity index is 2.31. The van der Waals surface area contributed by atoms with Crippen LogP contribution < -0.4 is 10.1 Å². The minimum Gasteiger partial charge on any atom is -0.494 e. The molecule has 0 saturated heterocycles. The molecule has 0 bridgehead atoms. The maximum atomic E-state index is 13.4. The molecule has 0 aliphatic rings. The number of hydrogen-bond acceptors (Lipinski definition) is 4. The number of ether oxygens (including phenoxy) is 1. The third-order valence-electron chi connectivity index (χ3n) is 2.13. The molecule has 0 atom stereocenters. The molecule has 0 saturated carbocycles. The topological polar surface area (TPSA) is 47.0 Å². The van der Waals surface area contributed by atoms with Gasteiger partial charge in [-0.3, -0.25) is 0 Å². The first-order valence-electron chi connectivity index (χ1n) is 4.89. The summed E-state index contributed by atoms with van der Waals surface area (Å²) < 4.78 is 31.4. The quantitative estimate of drug-likeness (QED) is 0.871. The van der Waals surface area contributed by atoms with Crippen molar-refractivity contribution < 1.29 is 13.5 Å². The summed E-state index contributed by atoms with van der Waals surface area (Å²) in [6.45, 7) is 0. The fourth-order valence-corrected chi connectivity index (χ4v) is 1.44. The summed E-state index contributed by atoms with van der Waals surface area (Å²) in [4.78, 5) is 7.16. The van der Waals surface area contributed by atoms with Crippen LogP contribution >= 0.6 is 11.6 Å². The van der Waals surface area contributed by atoms with Crippen LogP contribution in [0, 0.1) is 11.6 Å². The van der Waals surface area contributed by atoms with Gasteiger partial charge in [-0.1, -0.05) is 0 Å². The molecule has 0 fully saturated rings. The van der Waals surface area contributed by atoms with Crippen LogP contribution in [0.4, 0.5) is 20.3 Å². The van der Waals surface area contributed by atoms with Gasteiger partial charge in [0.2, 0.25) is 5.28 Å². The van der Waals surface area contributed by atoms with Crippen LogP contribution in [0.5, 0.6) is 5.75 Å². The fraction of sp³-hybridized carbons (Fsp3) is 0.0909. The summed E-state index contributed by atoms with van der Waals surface area (Å²) in [6, 6.07) is 4.00. The summed E-state index contributed by atoms with van der Waals surface area (Å²) in [7, 11) is 1.34. The van der Waals surface area contributed by atoms with Gasteiger partial charge in [-0.25, -0.2) is 13.8 Å². The minimum absolute atomic E-state index is 0.0422. The highest BCUT2D eigenvalue weighted by Crippen LogP contribution is 2.24. The van der Waals surface area contributed by atoms with Crippen molar-refractivity contribution in [3.8, 4) is 5.75 Å². The third kappa shape index (κ3) is 2.65. The van der Waals surface area contributed by atoms with Crippen molar-refractivity contribution in [3.63, 3.8) is 0 Å². The lowest BCUT2D eigenvalue weighted by Gasteiger charge is -2.08. The van der Waals surface area contributed by atoms with Crippen molar-refractivity contribution in [1.82, 2.24) is 9.97 Å². The van der Waals surface area contributed by atoms with E-state index in [0.29, 0.717) is 5.69 Å². The van der Waals surface area contributed by atoms with Crippen LogP contribution in [0.25, 0.3) is 0 Å². The average Bonchev–Trinajstić information content (AvgIpc) is 2.36. The van der Waals surface area contributed by atoms with Gasteiger partial charge in [0.25, 0.3) is 0 Å². The Morgan fingerprint density at radius 2 is 2.06 bits per heavy atom. The zero-order chi connectivity index (χ0) is 13.1. The molecule has 2 rings (SSSR count). The Kier molecular flexibility index (Phi) is 3.57. The Labute approximate surface area is 107 Å². The lowest BCUT2D eigenvalue weighted by atomic mass is 10.3. The second-order valence-corrected chi connectivity index (χ2v) is 3.65. The van der Waals surface area contributed by atoms with E-state index < -0.39 is 11.6 Å². The molecule has 4 nitrogen and oxygen atoms in total. The average molecular weight is 272 g/mol. The van der Waals surface area contributed by atoms with E-state index in [0.717, 1.165) is 6.20 Å². The van der Waals surface area contributed by atoms with Crippen molar-refractivity contribution in [1.29, 1.82) is 0 Å². The molecule has 0 aliphatic carbocycles. The second kappa shape index (κ2) is 5.14. The van der Waals surface area contributed by atoms with Gasteiger partial charge in [0, 0.05) is 11.8 Å². The van der Waals surface area contributed by atoms with Crippen molar-refractivity contribution in [2.45, 2.75) is 0 Å². The molecule has 1 N–H and O–H groups in total. The van der Waals surface area contributed by atoms with E-state index in [1.807, 2.05) is 0 Å². The van der Waals surface area contributed by atoms with E-state index in [9.17, 15) is 8.78 Å². The van der Waals surface area contributed by atoms with Crippen molar-refractivity contribution in [2.75, 3.05) is 12.4 Å². The number of nitrogens with zero attached hydrogens (tertiary/aromatic N) is 2. The Bertz CT molecular complexity index is 580. The summed E-state index contributed by atoms with van der Waals surface area (Å²) in [5.41, 5.74) is 0.418. The highest BCUT2D eigenvalue weighted by molar-refractivity contribution is 6.28. The highest BCUT2D eigenvalue weighted by atomic mass is 35.5. The standard InChI is InChI=1S/C11H8ClF2N3O/c1-18-9-4-6(2-3-7(9)13)16-10-8(14)5-15-11(12)17-10/h2-5H,1H3,(H,15,16,17). The molecule has 0 amide bonds. The Hall–Kier alpha value is -1.95. The molecule has 1 aromatic heterocycles. The van der Waals surface area contributed by atoms with Crippen molar-refractivity contribution >= 4 is 23.1 Å². The summed E-state index contributed by atoms with van der Waals surface area (Å²) in [5.74, 6) is -1.23. The summed E-state index contributed by atoms with van der Waals surface area (Å²) in [5, 5.41) is 2.57. The lowest BCUT2D eigenvalue weighted by Crippen LogP contribution is -1.99. The van der Waals surface area contributed by atoms with E-state index in [4.69, 9.17) is 16.3 Å². The minimum atomic E-state index is -0.664. The first-order chi connectivity index (χ1) is 8.60. The van der Waals surface area contributed by atoms with Crippen molar-refractivity contribution in [3.05, 3.63) is 41.3 Å². The number of anilines is 2. The number of nitrogens with one attached hydrogen (secondary N) is 1. The molecule has 2 aromatic rings. The number of hydrogen-bond donors (Lipinski definition) is 1. The number of rotatable bonds is 3. The first kappa shape index (κ1) is 12.5. The monoisotopic (exact) mass is 271 g/mol. The smallest absolute Gasteiger partial charge is 0.224 e. The molecule has 0 radical (unpaired) electrons. The molecule has 7 heteroatoms.